The van der Waals surface area contributed by atoms with Gasteiger partial charge in [-0.25, -0.2) is 4.79 Å². The fourth-order valence-corrected chi connectivity index (χ4v) is 2.53. The Kier molecular flexibility index (Phi) is 4.61. The largest absolute Gasteiger partial charge is 0.421 e. The molecule has 1 heterocycles. The van der Waals surface area contributed by atoms with Crippen LogP contribution in [0.5, 0.6) is 0 Å². The molecule has 1 aliphatic rings. The standard InChI is InChI=1S/C19H18N2O3/c1-14-12-17(21(18(14)22)16-10-6-3-7-11-16)24-19(23)20-13-15-8-4-2-5-9-15/h2-12,17H,13H2,1H3,(H,20,23). The summed E-state index contributed by atoms with van der Waals surface area (Å²) in [5, 5.41) is 2.70. The number of hydrogen-bond acceptors (Lipinski definition) is 3. The van der Waals surface area contributed by atoms with E-state index in [9.17, 15) is 9.59 Å². The van der Waals surface area contributed by atoms with E-state index in [4.69, 9.17) is 4.74 Å². The minimum Gasteiger partial charge on any atom is -0.421 e. The molecule has 122 valence electrons. The second-order valence-electron chi connectivity index (χ2n) is 5.50. The quantitative estimate of drug-likeness (QED) is 0.940. The van der Waals surface area contributed by atoms with Gasteiger partial charge < -0.3 is 10.1 Å². The molecule has 3 rings (SSSR count). The van der Waals surface area contributed by atoms with Crippen LogP contribution in [-0.2, 0) is 16.1 Å². The minimum absolute atomic E-state index is 0.165. The van der Waals surface area contributed by atoms with Gasteiger partial charge >= 0.3 is 6.09 Å². The third-order valence-electron chi connectivity index (χ3n) is 3.75. The van der Waals surface area contributed by atoms with E-state index < -0.39 is 12.3 Å². The topological polar surface area (TPSA) is 58.6 Å². The number of hydrogen-bond donors (Lipinski definition) is 1. The molecule has 0 saturated carbocycles. The van der Waals surface area contributed by atoms with Crippen molar-refractivity contribution >= 4 is 17.7 Å². The lowest BCUT2D eigenvalue weighted by Gasteiger charge is -2.24. The van der Waals surface area contributed by atoms with Crippen molar-refractivity contribution in [1.82, 2.24) is 5.32 Å². The number of carbonyl (C=O) groups excluding carboxylic acids is 2. The molecule has 1 N–H and O–H groups in total. The lowest BCUT2D eigenvalue weighted by atomic mass is 10.2. The summed E-state index contributed by atoms with van der Waals surface area (Å²) in [7, 11) is 0. The monoisotopic (exact) mass is 322 g/mol. The number of rotatable bonds is 4. The van der Waals surface area contributed by atoms with Crippen molar-refractivity contribution in [2.45, 2.75) is 19.7 Å². The lowest BCUT2D eigenvalue weighted by Crippen LogP contribution is -2.39. The van der Waals surface area contributed by atoms with Crippen LogP contribution in [0.1, 0.15) is 12.5 Å². The summed E-state index contributed by atoms with van der Waals surface area (Å²) in [4.78, 5) is 25.9. The summed E-state index contributed by atoms with van der Waals surface area (Å²) >= 11 is 0. The molecule has 2 aromatic carbocycles. The molecule has 2 amide bonds. The lowest BCUT2D eigenvalue weighted by molar-refractivity contribution is -0.115. The summed E-state index contributed by atoms with van der Waals surface area (Å²) in [6.07, 6.45) is 0.344. The van der Waals surface area contributed by atoms with Gasteiger partial charge in [0.2, 0.25) is 6.23 Å². The second kappa shape index (κ2) is 7.00. The normalized spacial score (nSPS) is 16.7. The van der Waals surface area contributed by atoms with Gasteiger partial charge in [0.15, 0.2) is 0 Å². The molecule has 5 nitrogen and oxygen atoms in total. The Labute approximate surface area is 140 Å². The fourth-order valence-electron chi connectivity index (χ4n) is 2.53. The molecule has 1 atom stereocenters. The summed E-state index contributed by atoms with van der Waals surface area (Å²) in [6, 6.07) is 18.7. The Hall–Kier alpha value is -3.08. The van der Waals surface area contributed by atoms with E-state index in [2.05, 4.69) is 5.32 Å². The number of alkyl carbamates (subject to hydrolysis) is 1. The minimum atomic E-state index is -0.740. The number of anilines is 1. The summed E-state index contributed by atoms with van der Waals surface area (Å²) in [6.45, 7) is 2.08. The van der Waals surface area contributed by atoms with Crippen LogP contribution in [0.2, 0.25) is 0 Å². The van der Waals surface area contributed by atoms with E-state index in [0.717, 1.165) is 5.56 Å². The second-order valence-corrected chi connectivity index (χ2v) is 5.50. The number of ether oxygens (including phenoxy) is 1. The smallest absolute Gasteiger partial charge is 0.409 e. The van der Waals surface area contributed by atoms with Crippen molar-refractivity contribution < 1.29 is 14.3 Å². The van der Waals surface area contributed by atoms with Crippen LogP contribution in [0.3, 0.4) is 0 Å². The first-order chi connectivity index (χ1) is 11.6. The molecular formula is C19H18N2O3. The highest BCUT2D eigenvalue weighted by Gasteiger charge is 2.33. The zero-order valence-electron chi connectivity index (χ0n) is 13.3. The third kappa shape index (κ3) is 3.46. The van der Waals surface area contributed by atoms with Crippen LogP contribution in [0, 0.1) is 0 Å². The van der Waals surface area contributed by atoms with Gasteiger partial charge in [-0.2, -0.15) is 0 Å². The molecule has 24 heavy (non-hydrogen) atoms. The molecule has 0 fully saturated rings. The number of amides is 2. The molecule has 1 unspecified atom stereocenters. The van der Waals surface area contributed by atoms with Crippen molar-refractivity contribution in [3.05, 3.63) is 77.9 Å². The average Bonchev–Trinajstić information content (AvgIpc) is 2.88. The molecular weight excluding hydrogens is 304 g/mol. The number of benzene rings is 2. The molecule has 5 heteroatoms. The highest BCUT2D eigenvalue weighted by Crippen LogP contribution is 2.26. The molecule has 1 aliphatic heterocycles. The predicted molar refractivity (Wildman–Crippen MR) is 91.2 cm³/mol. The summed E-state index contributed by atoms with van der Waals surface area (Å²) in [5.74, 6) is -0.165. The van der Waals surface area contributed by atoms with E-state index in [1.54, 1.807) is 13.0 Å². The van der Waals surface area contributed by atoms with E-state index in [0.29, 0.717) is 17.8 Å². The van der Waals surface area contributed by atoms with Gasteiger partial charge in [-0.05, 0) is 30.7 Å². The number of carbonyl (C=O) groups is 2. The van der Waals surface area contributed by atoms with Gasteiger partial charge in [-0.3, -0.25) is 9.69 Å². The van der Waals surface area contributed by atoms with Crippen molar-refractivity contribution in [2.75, 3.05) is 4.90 Å². The van der Waals surface area contributed by atoms with E-state index >= 15 is 0 Å². The average molecular weight is 322 g/mol. The van der Waals surface area contributed by atoms with Gasteiger partial charge in [0.25, 0.3) is 5.91 Å². The number of nitrogens with one attached hydrogen (secondary N) is 1. The number of nitrogens with zero attached hydrogens (tertiary/aromatic N) is 1. The molecule has 2 aromatic rings. The maximum Gasteiger partial charge on any atom is 0.409 e. The maximum atomic E-state index is 12.3. The SMILES string of the molecule is CC1=CC(OC(=O)NCc2ccccc2)N(c2ccccc2)C1=O. The molecule has 0 bridgehead atoms. The van der Waals surface area contributed by atoms with E-state index in [1.807, 2.05) is 60.7 Å². The van der Waals surface area contributed by atoms with Gasteiger partial charge in [0.1, 0.15) is 0 Å². The van der Waals surface area contributed by atoms with Crippen molar-refractivity contribution in [3.63, 3.8) is 0 Å². The highest BCUT2D eigenvalue weighted by molar-refractivity contribution is 6.08. The van der Waals surface area contributed by atoms with Crippen LogP contribution < -0.4 is 10.2 Å². The van der Waals surface area contributed by atoms with Crippen molar-refractivity contribution in [3.8, 4) is 0 Å². The number of para-hydroxylation sites is 1. The Bertz CT molecular complexity index is 757. The van der Waals surface area contributed by atoms with E-state index in [1.165, 1.54) is 4.90 Å². The first-order valence-corrected chi connectivity index (χ1v) is 7.70. The zero-order chi connectivity index (χ0) is 16.9. The van der Waals surface area contributed by atoms with Gasteiger partial charge in [0.05, 0.1) is 0 Å². The highest BCUT2D eigenvalue weighted by atomic mass is 16.6. The third-order valence-corrected chi connectivity index (χ3v) is 3.75. The maximum absolute atomic E-state index is 12.3. The van der Waals surface area contributed by atoms with Crippen molar-refractivity contribution in [1.29, 1.82) is 0 Å². The predicted octanol–water partition coefficient (Wildman–Crippen LogP) is 3.23. The van der Waals surface area contributed by atoms with Crippen LogP contribution in [0.15, 0.2) is 72.3 Å². The van der Waals surface area contributed by atoms with Gasteiger partial charge in [-0.1, -0.05) is 48.5 Å². The van der Waals surface area contributed by atoms with Crippen LogP contribution in [-0.4, -0.2) is 18.2 Å². The Morgan fingerprint density at radius 2 is 1.71 bits per heavy atom. The summed E-state index contributed by atoms with van der Waals surface area (Å²) < 4.78 is 5.42. The summed E-state index contributed by atoms with van der Waals surface area (Å²) in [5.41, 5.74) is 2.22. The Balaban J connectivity index is 1.66. The van der Waals surface area contributed by atoms with Crippen LogP contribution in [0.25, 0.3) is 0 Å². The van der Waals surface area contributed by atoms with Crippen molar-refractivity contribution in [2.24, 2.45) is 0 Å². The van der Waals surface area contributed by atoms with Crippen LogP contribution >= 0.6 is 0 Å². The van der Waals surface area contributed by atoms with Crippen LogP contribution in [0.4, 0.5) is 10.5 Å². The Morgan fingerprint density at radius 1 is 1.08 bits per heavy atom. The van der Waals surface area contributed by atoms with Gasteiger partial charge in [0, 0.05) is 17.8 Å². The molecule has 0 aromatic heterocycles. The molecule has 0 radical (unpaired) electrons. The zero-order valence-corrected chi connectivity index (χ0v) is 13.3. The molecule has 0 saturated heterocycles. The molecule has 0 spiro atoms. The van der Waals surface area contributed by atoms with E-state index in [-0.39, 0.29) is 5.91 Å². The van der Waals surface area contributed by atoms with Gasteiger partial charge in [-0.15, -0.1) is 0 Å². The Morgan fingerprint density at radius 3 is 2.38 bits per heavy atom. The first-order valence-electron chi connectivity index (χ1n) is 7.70. The first kappa shape index (κ1) is 15.8. The fraction of sp³-hybridized carbons (Fsp3) is 0.158. The molecule has 0 aliphatic carbocycles.